The maximum Gasteiger partial charge on any atom is 1.00 e. The van der Waals surface area contributed by atoms with E-state index in [-0.39, 0.29) is 36.9 Å². The van der Waals surface area contributed by atoms with Crippen molar-refractivity contribution in [3.05, 3.63) is 35.9 Å². The molecule has 1 amide bonds. The zero-order valence-electron chi connectivity index (χ0n) is 9.21. The van der Waals surface area contributed by atoms with Crippen molar-refractivity contribution in [3.63, 3.8) is 0 Å². The number of rotatable bonds is 3. The normalized spacial score (nSPS) is 8.69. The topological polar surface area (TPSA) is 29.1 Å². The van der Waals surface area contributed by atoms with Gasteiger partial charge in [0.2, 0.25) is 0 Å². The molecule has 0 heterocycles. The van der Waals surface area contributed by atoms with E-state index in [9.17, 15) is 4.79 Å². The molecule has 1 aromatic carbocycles. The van der Waals surface area contributed by atoms with Gasteiger partial charge in [0.05, 0.1) is 0 Å². The van der Waals surface area contributed by atoms with Crippen molar-refractivity contribution in [1.29, 1.82) is 0 Å². The van der Waals surface area contributed by atoms with Gasteiger partial charge >= 0.3 is 29.6 Å². The molecule has 0 aliphatic rings. The Hall–Kier alpha value is -0.310. The molecule has 1 N–H and O–H groups in total. The van der Waals surface area contributed by atoms with Crippen molar-refractivity contribution in [2.45, 2.75) is 13.3 Å². The summed E-state index contributed by atoms with van der Waals surface area (Å²) in [7, 11) is 0. The Labute approximate surface area is 103 Å². The van der Waals surface area contributed by atoms with Crippen molar-refractivity contribution >= 4 is 5.91 Å². The van der Waals surface area contributed by atoms with Crippen LogP contribution in [0, 0.1) is 0 Å². The van der Waals surface area contributed by atoms with E-state index in [2.05, 4.69) is 5.32 Å². The van der Waals surface area contributed by atoms with Crippen LogP contribution >= 0.6 is 0 Å². The maximum atomic E-state index is 11.3. The van der Waals surface area contributed by atoms with Crippen LogP contribution in [0.4, 0.5) is 0 Å². The number of amides is 1. The SMILES string of the molecule is CCCNC(=O)c1ccccc1.[H-].[Na+]. The summed E-state index contributed by atoms with van der Waals surface area (Å²) in [6.07, 6.45) is 0.971. The van der Waals surface area contributed by atoms with Crippen LogP contribution in [0.1, 0.15) is 25.1 Å². The molecule has 3 heteroatoms. The van der Waals surface area contributed by atoms with E-state index in [4.69, 9.17) is 0 Å². The second-order valence-corrected chi connectivity index (χ2v) is 2.62. The van der Waals surface area contributed by atoms with Gasteiger partial charge in [-0.2, -0.15) is 0 Å². The summed E-state index contributed by atoms with van der Waals surface area (Å²) in [6.45, 7) is 2.78. The summed E-state index contributed by atoms with van der Waals surface area (Å²) in [5.41, 5.74) is 0.728. The smallest absolute Gasteiger partial charge is 1.00 e. The van der Waals surface area contributed by atoms with Gasteiger partial charge in [0.15, 0.2) is 0 Å². The van der Waals surface area contributed by atoms with Gasteiger partial charge in [0.1, 0.15) is 0 Å². The third kappa shape index (κ3) is 4.46. The third-order valence-corrected chi connectivity index (χ3v) is 1.57. The summed E-state index contributed by atoms with van der Waals surface area (Å²) in [5.74, 6) is 0.0115. The first kappa shape index (κ1) is 12.7. The summed E-state index contributed by atoms with van der Waals surface area (Å²) in [6, 6.07) is 9.24. The minimum atomic E-state index is 0. The second-order valence-electron chi connectivity index (χ2n) is 2.62. The number of hydrogen-bond acceptors (Lipinski definition) is 1. The van der Waals surface area contributed by atoms with Crippen molar-refractivity contribution in [3.8, 4) is 0 Å². The molecule has 0 radical (unpaired) electrons. The molecular formula is C10H14NNaO. The first-order chi connectivity index (χ1) is 5.84. The fraction of sp³-hybridized carbons (Fsp3) is 0.300. The zero-order valence-corrected chi connectivity index (χ0v) is 10.2. The molecule has 13 heavy (non-hydrogen) atoms. The third-order valence-electron chi connectivity index (χ3n) is 1.57. The van der Waals surface area contributed by atoms with E-state index in [1.54, 1.807) is 0 Å². The van der Waals surface area contributed by atoms with Gasteiger partial charge in [-0.05, 0) is 18.6 Å². The molecule has 66 valence electrons. The van der Waals surface area contributed by atoms with E-state index in [1.807, 2.05) is 37.3 Å². The van der Waals surface area contributed by atoms with Crippen LogP contribution in [0.2, 0.25) is 0 Å². The van der Waals surface area contributed by atoms with Gasteiger partial charge in [0.25, 0.3) is 5.91 Å². The number of nitrogens with one attached hydrogen (secondary N) is 1. The van der Waals surface area contributed by atoms with E-state index in [0.717, 1.165) is 18.5 Å². The summed E-state index contributed by atoms with van der Waals surface area (Å²) in [4.78, 5) is 11.3. The minimum Gasteiger partial charge on any atom is -1.00 e. The van der Waals surface area contributed by atoms with E-state index >= 15 is 0 Å². The predicted octanol–water partition coefficient (Wildman–Crippen LogP) is -1.06. The monoisotopic (exact) mass is 187 g/mol. The number of hydrogen-bond donors (Lipinski definition) is 1. The molecule has 0 saturated carbocycles. The molecule has 1 rings (SSSR count). The van der Waals surface area contributed by atoms with Gasteiger partial charge in [0, 0.05) is 12.1 Å². The first-order valence-corrected chi connectivity index (χ1v) is 4.18. The van der Waals surface area contributed by atoms with Crippen LogP contribution in [0.15, 0.2) is 30.3 Å². The van der Waals surface area contributed by atoms with Gasteiger partial charge in [-0.25, -0.2) is 0 Å². The Morgan fingerprint density at radius 1 is 1.38 bits per heavy atom. The quantitative estimate of drug-likeness (QED) is 0.601. The van der Waals surface area contributed by atoms with Crippen molar-refractivity contribution < 1.29 is 35.8 Å². The fourth-order valence-electron chi connectivity index (χ4n) is 0.930. The Bertz CT molecular complexity index is 254. The van der Waals surface area contributed by atoms with Gasteiger partial charge in [-0.3, -0.25) is 4.79 Å². The molecule has 1 aromatic rings. The fourth-order valence-corrected chi connectivity index (χ4v) is 0.930. The van der Waals surface area contributed by atoms with Crippen LogP contribution in [-0.4, -0.2) is 12.5 Å². The maximum absolute atomic E-state index is 11.3. The summed E-state index contributed by atoms with van der Waals surface area (Å²) in [5, 5.41) is 2.81. The predicted molar refractivity (Wildman–Crippen MR) is 50.2 cm³/mol. The van der Waals surface area contributed by atoms with Crippen LogP contribution in [0.25, 0.3) is 0 Å². The average molecular weight is 187 g/mol. The number of benzene rings is 1. The molecule has 0 aliphatic heterocycles. The summed E-state index contributed by atoms with van der Waals surface area (Å²) >= 11 is 0. The second kappa shape index (κ2) is 7.13. The van der Waals surface area contributed by atoms with E-state index < -0.39 is 0 Å². The van der Waals surface area contributed by atoms with E-state index in [1.165, 1.54) is 0 Å². The summed E-state index contributed by atoms with van der Waals surface area (Å²) < 4.78 is 0. The molecule has 2 nitrogen and oxygen atoms in total. The average Bonchev–Trinajstić information content (AvgIpc) is 2.15. The first-order valence-electron chi connectivity index (χ1n) is 4.18. The number of carbonyl (C=O) groups excluding carboxylic acids is 1. The number of carbonyl (C=O) groups is 1. The Kier molecular flexibility index (Phi) is 6.96. The molecule has 0 saturated heterocycles. The molecule has 0 aromatic heterocycles. The van der Waals surface area contributed by atoms with Crippen LogP contribution in [-0.2, 0) is 0 Å². The van der Waals surface area contributed by atoms with Crippen LogP contribution in [0.3, 0.4) is 0 Å². The van der Waals surface area contributed by atoms with Crippen LogP contribution < -0.4 is 34.9 Å². The molecular weight excluding hydrogens is 173 g/mol. The molecule has 0 unspecified atom stereocenters. The van der Waals surface area contributed by atoms with Crippen molar-refractivity contribution in [1.82, 2.24) is 5.32 Å². The van der Waals surface area contributed by atoms with E-state index in [0.29, 0.717) is 0 Å². The van der Waals surface area contributed by atoms with Crippen LogP contribution in [0.5, 0.6) is 0 Å². The molecule has 0 fully saturated rings. The van der Waals surface area contributed by atoms with Crippen molar-refractivity contribution in [2.24, 2.45) is 0 Å². The Balaban J connectivity index is 0. The molecule has 0 aliphatic carbocycles. The standard InChI is InChI=1S/C10H13NO.Na.H/c1-2-8-11-10(12)9-6-4-3-5-7-9;;/h3-7H,2,8H2,1H3,(H,11,12);;/q;+1;-1. The van der Waals surface area contributed by atoms with Gasteiger partial charge in [-0.15, -0.1) is 0 Å². The Morgan fingerprint density at radius 2 is 2.00 bits per heavy atom. The largest absolute Gasteiger partial charge is 1.00 e. The molecule has 0 atom stereocenters. The minimum absolute atomic E-state index is 0. The molecule has 0 bridgehead atoms. The van der Waals surface area contributed by atoms with Gasteiger partial charge < -0.3 is 6.74 Å². The Morgan fingerprint density at radius 3 is 2.54 bits per heavy atom. The van der Waals surface area contributed by atoms with Gasteiger partial charge in [-0.1, -0.05) is 25.1 Å². The molecule has 0 spiro atoms. The van der Waals surface area contributed by atoms with Crippen molar-refractivity contribution in [2.75, 3.05) is 6.54 Å². The zero-order chi connectivity index (χ0) is 8.81.